The van der Waals surface area contributed by atoms with E-state index in [4.69, 9.17) is 9.47 Å². The van der Waals surface area contributed by atoms with Gasteiger partial charge >= 0.3 is 5.97 Å². The second-order valence-electron chi connectivity index (χ2n) is 5.60. The zero-order valence-electron chi connectivity index (χ0n) is 13.6. The first-order valence-electron chi connectivity index (χ1n) is 7.94. The van der Waals surface area contributed by atoms with Crippen LogP contribution in [0.2, 0.25) is 0 Å². The Morgan fingerprint density at radius 1 is 1.30 bits per heavy atom. The summed E-state index contributed by atoms with van der Waals surface area (Å²) < 4.78 is 10.2. The van der Waals surface area contributed by atoms with Crippen molar-refractivity contribution in [2.24, 2.45) is 0 Å². The van der Waals surface area contributed by atoms with Gasteiger partial charge in [-0.3, -0.25) is 9.59 Å². The highest BCUT2D eigenvalue weighted by atomic mass is 16.5. The first-order valence-corrected chi connectivity index (χ1v) is 7.94. The minimum atomic E-state index is -0.360. The fraction of sp³-hybridized carbons (Fsp3) is 0.529. The molecule has 6 nitrogen and oxygen atoms in total. The van der Waals surface area contributed by atoms with E-state index in [1.807, 2.05) is 24.3 Å². The van der Waals surface area contributed by atoms with Gasteiger partial charge in [0.1, 0.15) is 11.8 Å². The molecule has 0 aromatic heterocycles. The Bertz CT molecular complexity index is 530. The number of benzene rings is 1. The molecule has 1 heterocycles. The number of carbonyl (C=O) groups excluding carboxylic acids is 2. The molecule has 1 aromatic rings. The molecular weight excluding hydrogens is 296 g/mol. The van der Waals surface area contributed by atoms with Crippen molar-refractivity contribution >= 4 is 11.9 Å². The third-order valence-corrected chi connectivity index (χ3v) is 3.96. The van der Waals surface area contributed by atoms with Crippen molar-refractivity contribution in [1.29, 1.82) is 0 Å². The molecule has 1 aliphatic heterocycles. The third kappa shape index (κ3) is 5.25. The quantitative estimate of drug-likeness (QED) is 0.766. The van der Waals surface area contributed by atoms with Crippen molar-refractivity contribution in [1.82, 2.24) is 10.6 Å². The van der Waals surface area contributed by atoms with E-state index in [2.05, 4.69) is 17.6 Å². The molecule has 6 heteroatoms. The normalized spacial score (nSPS) is 20.6. The van der Waals surface area contributed by atoms with Crippen LogP contribution in [-0.4, -0.2) is 44.2 Å². The molecule has 1 saturated heterocycles. The average Bonchev–Trinajstić information content (AvgIpc) is 2.60. The summed E-state index contributed by atoms with van der Waals surface area (Å²) in [7, 11) is 1.36. The summed E-state index contributed by atoms with van der Waals surface area (Å²) in [5.74, 6) is 0.200. The molecule has 2 rings (SSSR count). The van der Waals surface area contributed by atoms with Gasteiger partial charge in [-0.25, -0.2) is 0 Å². The molecule has 0 bridgehead atoms. The van der Waals surface area contributed by atoms with E-state index in [0.717, 1.165) is 12.8 Å². The highest BCUT2D eigenvalue weighted by molar-refractivity contribution is 5.78. The van der Waals surface area contributed by atoms with Crippen LogP contribution < -0.4 is 15.4 Å². The van der Waals surface area contributed by atoms with Crippen LogP contribution in [0.4, 0.5) is 0 Å². The molecule has 1 amide bonds. The maximum absolute atomic E-state index is 12.0. The number of hydrogen-bond donors (Lipinski definition) is 2. The molecule has 1 fully saturated rings. The van der Waals surface area contributed by atoms with E-state index >= 15 is 0 Å². The zero-order valence-corrected chi connectivity index (χ0v) is 13.6. The van der Waals surface area contributed by atoms with Crippen molar-refractivity contribution in [3.05, 3.63) is 29.8 Å². The Morgan fingerprint density at radius 2 is 2.04 bits per heavy atom. The number of aryl methyl sites for hydroxylation is 1. The SMILES string of the molecule is CCc1ccc(OCC(=O)NC2CCNC(C(=O)OC)C2)cc1. The molecule has 0 saturated carbocycles. The first-order chi connectivity index (χ1) is 11.1. The highest BCUT2D eigenvalue weighted by Crippen LogP contribution is 2.13. The van der Waals surface area contributed by atoms with Crippen LogP contribution in [0.5, 0.6) is 5.75 Å². The maximum Gasteiger partial charge on any atom is 0.322 e. The Kier molecular flexibility index (Phi) is 6.40. The number of methoxy groups -OCH3 is 1. The lowest BCUT2D eigenvalue weighted by Crippen LogP contribution is -2.51. The number of piperidine rings is 1. The van der Waals surface area contributed by atoms with Crippen LogP contribution in [0.25, 0.3) is 0 Å². The van der Waals surface area contributed by atoms with Crippen LogP contribution >= 0.6 is 0 Å². The molecule has 2 N–H and O–H groups in total. The molecule has 0 aliphatic carbocycles. The monoisotopic (exact) mass is 320 g/mol. The smallest absolute Gasteiger partial charge is 0.322 e. The standard InChI is InChI=1S/C17H24N2O4/c1-3-12-4-6-14(7-5-12)23-11-16(20)19-13-8-9-18-15(10-13)17(21)22-2/h4-7,13,15,18H,3,8-11H2,1-2H3,(H,19,20). The minimum absolute atomic E-state index is 0.0295. The molecule has 2 unspecified atom stereocenters. The Morgan fingerprint density at radius 3 is 2.70 bits per heavy atom. The Labute approximate surface area is 136 Å². The van der Waals surface area contributed by atoms with Crippen molar-refractivity contribution < 1.29 is 19.1 Å². The second-order valence-corrected chi connectivity index (χ2v) is 5.60. The van der Waals surface area contributed by atoms with E-state index in [1.54, 1.807) is 0 Å². The van der Waals surface area contributed by atoms with Crippen LogP contribution in [0, 0.1) is 0 Å². The zero-order chi connectivity index (χ0) is 16.7. The van der Waals surface area contributed by atoms with Gasteiger partial charge in [0.25, 0.3) is 5.91 Å². The number of hydrogen-bond acceptors (Lipinski definition) is 5. The molecule has 1 aliphatic rings. The molecule has 23 heavy (non-hydrogen) atoms. The summed E-state index contributed by atoms with van der Waals surface area (Å²) >= 11 is 0. The van der Waals surface area contributed by atoms with Gasteiger partial charge < -0.3 is 20.1 Å². The van der Waals surface area contributed by atoms with Crippen LogP contribution in [0.1, 0.15) is 25.3 Å². The lowest BCUT2D eigenvalue weighted by molar-refractivity contribution is -0.144. The van der Waals surface area contributed by atoms with Gasteiger partial charge in [0.2, 0.25) is 0 Å². The fourth-order valence-corrected chi connectivity index (χ4v) is 2.61. The van der Waals surface area contributed by atoms with Crippen LogP contribution in [0.15, 0.2) is 24.3 Å². The molecule has 2 atom stereocenters. The van der Waals surface area contributed by atoms with E-state index in [0.29, 0.717) is 18.7 Å². The third-order valence-electron chi connectivity index (χ3n) is 3.96. The number of carbonyl (C=O) groups is 2. The molecule has 0 spiro atoms. The minimum Gasteiger partial charge on any atom is -0.484 e. The van der Waals surface area contributed by atoms with Crippen molar-refractivity contribution in [2.75, 3.05) is 20.3 Å². The van der Waals surface area contributed by atoms with Crippen molar-refractivity contribution in [2.45, 2.75) is 38.3 Å². The lowest BCUT2D eigenvalue weighted by Gasteiger charge is -2.29. The summed E-state index contributed by atoms with van der Waals surface area (Å²) in [6.07, 6.45) is 2.28. The van der Waals surface area contributed by atoms with Crippen LogP contribution in [-0.2, 0) is 20.7 Å². The summed E-state index contributed by atoms with van der Waals surface area (Å²) in [6, 6.07) is 7.30. The van der Waals surface area contributed by atoms with E-state index in [1.165, 1.54) is 12.7 Å². The largest absolute Gasteiger partial charge is 0.484 e. The van der Waals surface area contributed by atoms with Crippen molar-refractivity contribution in [3.63, 3.8) is 0 Å². The maximum atomic E-state index is 12.0. The first kappa shape index (κ1) is 17.3. The van der Waals surface area contributed by atoms with Crippen LogP contribution in [0.3, 0.4) is 0 Å². The van der Waals surface area contributed by atoms with Gasteiger partial charge in [-0.15, -0.1) is 0 Å². The average molecular weight is 320 g/mol. The summed E-state index contributed by atoms with van der Waals surface area (Å²) in [5.41, 5.74) is 1.23. The van der Waals surface area contributed by atoms with E-state index in [9.17, 15) is 9.59 Å². The highest BCUT2D eigenvalue weighted by Gasteiger charge is 2.28. The number of amides is 1. The Balaban J connectivity index is 1.76. The van der Waals surface area contributed by atoms with Crippen molar-refractivity contribution in [3.8, 4) is 5.75 Å². The molecule has 1 aromatic carbocycles. The topological polar surface area (TPSA) is 76.7 Å². The number of rotatable bonds is 6. The Hall–Kier alpha value is -2.08. The fourth-order valence-electron chi connectivity index (χ4n) is 2.61. The molecular formula is C17H24N2O4. The van der Waals surface area contributed by atoms with Gasteiger partial charge in [0.15, 0.2) is 6.61 Å². The number of nitrogens with one attached hydrogen (secondary N) is 2. The van der Waals surface area contributed by atoms with Gasteiger partial charge in [-0.05, 0) is 43.5 Å². The molecule has 126 valence electrons. The molecule has 0 radical (unpaired) electrons. The second kappa shape index (κ2) is 8.53. The number of ether oxygens (including phenoxy) is 2. The van der Waals surface area contributed by atoms with E-state index in [-0.39, 0.29) is 30.6 Å². The van der Waals surface area contributed by atoms with Gasteiger partial charge in [-0.1, -0.05) is 19.1 Å². The predicted molar refractivity (Wildman–Crippen MR) is 86.3 cm³/mol. The number of esters is 1. The summed E-state index contributed by atoms with van der Waals surface area (Å²) in [6.45, 7) is 2.73. The van der Waals surface area contributed by atoms with Gasteiger partial charge in [0, 0.05) is 6.04 Å². The summed E-state index contributed by atoms with van der Waals surface area (Å²) in [5, 5.41) is 5.99. The predicted octanol–water partition coefficient (Wildman–Crippen LogP) is 1.04. The van der Waals surface area contributed by atoms with Gasteiger partial charge in [-0.2, -0.15) is 0 Å². The lowest BCUT2D eigenvalue weighted by atomic mass is 9.99. The summed E-state index contributed by atoms with van der Waals surface area (Å²) in [4.78, 5) is 23.5. The van der Waals surface area contributed by atoms with E-state index < -0.39 is 0 Å². The van der Waals surface area contributed by atoms with Gasteiger partial charge in [0.05, 0.1) is 7.11 Å².